The number of nitrogens with zero attached hydrogens (tertiary/aromatic N) is 2. The van der Waals surface area contributed by atoms with Crippen LogP contribution in [0.5, 0.6) is 0 Å². The number of nitrogens with one attached hydrogen (secondary N) is 1. The lowest BCUT2D eigenvalue weighted by atomic mass is 10.2. The van der Waals surface area contributed by atoms with Crippen LogP contribution < -0.4 is 5.32 Å². The summed E-state index contributed by atoms with van der Waals surface area (Å²) in [5.74, 6) is -0.522. The molecule has 6 heteroatoms. The minimum atomic E-state index is -0.981. The van der Waals surface area contributed by atoms with E-state index in [1.54, 1.807) is 12.1 Å². The van der Waals surface area contributed by atoms with Crippen molar-refractivity contribution in [2.75, 3.05) is 5.32 Å². The number of rotatable bonds is 3. The van der Waals surface area contributed by atoms with Gasteiger partial charge in [0.15, 0.2) is 5.82 Å². The number of carboxylic acids is 1. The van der Waals surface area contributed by atoms with Crippen LogP contribution in [0.25, 0.3) is 0 Å². The Morgan fingerprint density at radius 3 is 2.88 bits per heavy atom. The van der Waals surface area contributed by atoms with Crippen LogP contribution >= 0.6 is 11.6 Å². The van der Waals surface area contributed by atoms with Crippen molar-refractivity contribution in [3.05, 3.63) is 47.4 Å². The molecule has 2 rings (SSSR count). The second-order valence-electron chi connectivity index (χ2n) is 3.24. The third-order valence-corrected chi connectivity index (χ3v) is 2.17. The van der Waals surface area contributed by atoms with Gasteiger partial charge in [-0.1, -0.05) is 17.7 Å². The predicted octanol–water partition coefficient (Wildman–Crippen LogP) is 2.57. The molecule has 1 heterocycles. The topological polar surface area (TPSA) is 75.1 Å². The molecule has 0 radical (unpaired) electrons. The number of carboxylic acid groups (broad SMARTS) is 1. The summed E-state index contributed by atoms with van der Waals surface area (Å²) in [6.07, 6.45) is 2.92. The van der Waals surface area contributed by atoms with Gasteiger partial charge in [-0.3, -0.25) is 4.98 Å². The van der Waals surface area contributed by atoms with E-state index in [9.17, 15) is 4.79 Å². The summed E-state index contributed by atoms with van der Waals surface area (Å²) in [7, 11) is 0. The van der Waals surface area contributed by atoms with Crippen molar-refractivity contribution >= 4 is 29.1 Å². The number of halogens is 1. The monoisotopic (exact) mass is 249 g/mol. The molecular weight excluding hydrogens is 242 g/mol. The smallest absolute Gasteiger partial charge is 0.335 e. The zero-order valence-electron chi connectivity index (χ0n) is 8.59. The average Bonchev–Trinajstić information content (AvgIpc) is 2.29. The van der Waals surface area contributed by atoms with Crippen LogP contribution in [0.3, 0.4) is 0 Å². The number of aromatic carboxylic acids is 1. The van der Waals surface area contributed by atoms with Crippen LogP contribution in [-0.4, -0.2) is 21.0 Å². The lowest BCUT2D eigenvalue weighted by molar-refractivity contribution is 0.0697. The maximum Gasteiger partial charge on any atom is 0.335 e. The Morgan fingerprint density at radius 2 is 2.18 bits per heavy atom. The van der Waals surface area contributed by atoms with Gasteiger partial charge in [-0.2, -0.15) is 0 Å². The number of benzene rings is 1. The van der Waals surface area contributed by atoms with E-state index < -0.39 is 5.97 Å². The van der Waals surface area contributed by atoms with Crippen molar-refractivity contribution in [2.24, 2.45) is 0 Å². The standard InChI is InChI=1S/C11H8ClN3O2/c12-9-5-13-6-10(15-9)14-8-3-1-2-7(4-8)11(16)17/h1-6H,(H,14,15)(H,16,17). The molecule has 0 bridgehead atoms. The molecule has 5 nitrogen and oxygen atoms in total. The Hall–Kier alpha value is -2.14. The van der Waals surface area contributed by atoms with E-state index >= 15 is 0 Å². The zero-order chi connectivity index (χ0) is 12.3. The number of anilines is 2. The second-order valence-corrected chi connectivity index (χ2v) is 3.63. The van der Waals surface area contributed by atoms with Gasteiger partial charge in [0, 0.05) is 5.69 Å². The van der Waals surface area contributed by atoms with Crippen molar-refractivity contribution in [1.82, 2.24) is 9.97 Å². The lowest BCUT2D eigenvalue weighted by Gasteiger charge is -2.05. The normalized spacial score (nSPS) is 9.94. The van der Waals surface area contributed by atoms with Crippen molar-refractivity contribution in [2.45, 2.75) is 0 Å². The molecule has 0 saturated carbocycles. The van der Waals surface area contributed by atoms with Crippen LogP contribution in [-0.2, 0) is 0 Å². The van der Waals surface area contributed by atoms with E-state index in [-0.39, 0.29) is 10.7 Å². The molecule has 17 heavy (non-hydrogen) atoms. The van der Waals surface area contributed by atoms with Crippen molar-refractivity contribution in [3.8, 4) is 0 Å². The highest BCUT2D eigenvalue weighted by Gasteiger charge is 2.04. The number of carbonyl (C=O) groups is 1. The van der Waals surface area contributed by atoms with Crippen LogP contribution in [0.2, 0.25) is 5.15 Å². The Bertz CT molecular complexity index is 560. The van der Waals surface area contributed by atoms with Gasteiger partial charge in [0.2, 0.25) is 0 Å². The maximum atomic E-state index is 10.8. The molecule has 0 spiro atoms. The fourth-order valence-corrected chi connectivity index (χ4v) is 1.43. The first-order valence-corrected chi connectivity index (χ1v) is 5.11. The summed E-state index contributed by atoms with van der Waals surface area (Å²) >= 11 is 5.69. The van der Waals surface area contributed by atoms with E-state index in [4.69, 9.17) is 16.7 Å². The largest absolute Gasteiger partial charge is 0.478 e. The summed E-state index contributed by atoms with van der Waals surface area (Å²) in [5, 5.41) is 12.0. The molecule has 0 aliphatic carbocycles. The average molecular weight is 250 g/mol. The molecule has 1 aromatic heterocycles. The summed E-state index contributed by atoms with van der Waals surface area (Å²) in [4.78, 5) is 18.6. The third-order valence-electron chi connectivity index (χ3n) is 1.99. The Morgan fingerprint density at radius 1 is 1.35 bits per heavy atom. The van der Waals surface area contributed by atoms with Gasteiger partial charge in [-0.15, -0.1) is 0 Å². The zero-order valence-corrected chi connectivity index (χ0v) is 9.35. The van der Waals surface area contributed by atoms with Gasteiger partial charge in [0.05, 0.1) is 18.0 Å². The Balaban J connectivity index is 2.24. The molecule has 2 aromatic rings. The fourth-order valence-electron chi connectivity index (χ4n) is 1.28. The number of hydrogen-bond donors (Lipinski definition) is 2. The second kappa shape index (κ2) is 4.80. The van der Waals surface area contributed by atoms with Gasteiger partial charge < -0.3 is 10.4 Å². The number of hydrogen-bond acceptors (Lipinski definition) is 4. The van der Waals surface area contributed by atoms with Crippen LogP contribution in [0.1, 0.15) is 10.4 Å². The van der Waals surface area contributed by atoms with E-state index in [0.717, 1.165) is 0 Å². The third kappa shape index (κ3) is 2.92. The minimum absolute atomic E-state index is 0.199. The van der Waals surface area contributed by atoms with Crippen molar-refractivity contribution in [3.63, 3.8) is 0 Å². The maximum absolute atomic E-state index is 10.8. The molecule has 2 N–H and O–H groups in total. The predicted molar refractivity (Wildman–Crippen MR) is 63.7 cm³/mol. The Labute approximate surface area is 102 Å². The first kappa shape index (κ1) is 11.3. The van der Waals surface area contributed by atoms with E-state index in [2.05, 4.69) is 15.3 Å². The molecule has 0 aliphatic heterocycles. The Kier molecular flexibility index (Phi) is 3.20. The van der Waals surface area contributed by atoms with Crippen molar-refractivity contribution in [1.29, 1.82) is 0 Å². The van der Waals surface area contributed by atoms with Crippen LogP contribution in [0.4, 0.5) is 11.5 Å². The lowest BCUT2D eigenvalue weighted by Crippen LogP contribution is -1.99. The first-order chi connectivity index (χ1) is 8.15. The molecular formula is C11H8ClN3O2. The summed E-state index contributed by atoms with van der Waals surface area (Å²) in [6, 6.07) is 6.39. The quantitative estimate of drug-likeness (QED) is 0.874. The molecule has 0 saturated heterocycles. The van der Waals surface area contributed by atoms with Crippen LogP contribution in [0.15, 0.2) is 36.7 Å². The fraction of sp³-hybridized carbons (Fsp3) is 0. The molecule has 0 atom stereocenters. The SMILES string of the molecule is O=C(O)c1cccc(Nc2cncc(Cl)n2)c1. The van der Waals surface area contributed by atoms with Gasteiger partial charge in [-0.05, 0) is 18.2 Å². The van der Waals surface area contributed by atoms with Gasteiger partial charge in [0.1, 0.15) is 5.15 Å². The molecule has 0 fully saturated rings. The van der Waals surface area contributed by atoms with E-state index in [1.165, 1.54) is 24.5 Å². The van der Waals surface area contributed by atoms with Gasteiger partial charge in [0.25, 0.3) is 0 Å². The van der Waals surface area contributed by atoms with Crippen LogP contribution in [0, 0.1) is 0 Å². The summed E-state index contributed by atoms with van der Waals surface area (Å²) in [5.41, 5.74) is 0.812. The van der Waals surface area contributed by atoms with E-state index in [1.807, 2.05) is 0 Å². The first-order valence-electron chi connectivity index (χ1n) is 4.73. The molecule has 86 valence electrons. The highest BCUT2D eigenvalue weighted by atomic mass is 35.5. The molecule has 0 aliphatic rings. The molecule has 0 amide bonds. The highest BCUT2D eigenvalue weighted by Crippen LogP contribution is 2.16. The number of aromatic nitrogens is 2. The van der Waals surface area contributed by atoms with Gasteiger partial charge >= 0.3 is 5.97 Å². The van der Waals surface area contributed by atoms with E-state index in [0.29, 0.717) is 11.5 Å². The van der Waals surface area contributed by atoms with Gasteiger partial charge in [-0.25, -0.2) is 9.78 Å². The highest BCUT2D eigenvalue weighted by molar-refractivity contribution is 6.29. The molecule has 0 unspecified atom stereocenters. The summed E-state index contributed by atoms with van der Waals surface area (Å²) < 4.78 is 0. The molecule has 1 aromatic carbocycles. The summed E-state index contributed by atoms with van der Waals surface area (Å²) in [6.45, 7) is 0. The minimum Gasteiger partial charge on any atom is -0.478 e. The van der Waals surface area contributed by atoms with Crippen molar-refractivity contribution < 1.29 is 9.90 Å².